The van der Waals surface area contributed by atoms with E-state index in [1.54, 1.807) is 6.07 Å². The van der Waals surface area contributed by atoms with E-state index >= 15 is 0 Å². The van der Waals surface area contributed by atoms with Gasteiger partial charge in [-0.3, -0.25) is 4.79 Å². The van der Waals surface area contributed by atoms with Gasteiger partial charge in [0.2, 0.25) is 0 Å². The zero-order chi connectivity index (χ0) is 15.6. The lowest BCUT2D eigenvalue weighted by Gasteiger charge is -2.30. The zero-order valence-electron chi connectivity index (χ0n) is 13.3. The van der Waals surface area contributed by atoms with E-state index in [1.165, 1.54) is 0 Å². The first-order chi connectivity index (χ1) is 9.88. The lowest BCUT2D eigenvalue weighted by atomic mass is 9.76. The number of hydrogen-bond acceptors (Lipinski definition) is 3. The first-order valence-electron chi connectivity index (χ1n) is 7.71. The Morgan fingerprint density at radius 3 is 2.48 bits per heavy atom. The quantitative estimate of drug-likeness (QED) is 0.609. The van der Waals surface area contributed by atoms with E-state index in [0.29, 0.717) is 11.5 Å². The standard InChI is InChI=1S/C18H24O3/c1-11-5-7-15(13(3)9-11)17(19)21-18(20)16-8-6-12(2)10-14(16)4/h5,7,9,12,14,16H,6,8,10H2,1-4H3. The van der Waals surface area contributed by atoms with Crippen molar-refractivity contribution < 1.29 is 14.3 Å². The summed E-state index contributed by atoms with van der Waals surface area (Å²) in [5.41, 5.74) is 2.41. The van der Waals surface area contributed by atoms with E-state index in [2.05, 4.69) is 13.8 Å². The van der Waals surface area contributed by atoms with Gasteiger partial charge in [-0.05, 0) is 56.6 Å². The van der Waals surface area contributed by atoms with Gasteiger partial charge in [0.25, 0.3) is 0 Å². The van der Waals surface area contributed by atoms with Gasteiger partial charge in [0.1, 0.15) is 0 Å². The average Bonchev–Trinajstić information content (AvgIpc) is 2.37. The topological polar surface area (TPSA) is 43.4 Å². The van der Waals surface area contributed by atoms with Crippen LogP contribution in [0.15, 0.2) is 18.2 Å². The molecule has 1 aliphatic carbocycles. The fourth-order valence-corrected chi connectivity index (χ4v) is 3.28. The van der Waals surface area contributed by atoms with Crippen molar-refractivity contribution in [1.29, 1.82) is 0 Å². The maximum Gasteiger partial charge on any atom is 0.346 e. The van der Waals surface area contributed by atoms with Gasteiger partial charge in [-0.1, -0.05) is 31.5 Å². The van der Waals surface area contributed by atoms with E-state index in [0.717, 1.165) is 30.4 Å². The van der Waals surface area contributed by atoms with E-state index in [1.807, 2.05) is 26.0 Å². The van der Waals surface area contributed by atoms with Crippen LogP contribution in [0, 0.1) is 31.6 Å². The summed E-state index contributed by atoms with van der Waals surface area (Å²) in [4.78, 5) is 24.4. The zero-order valence-corrected chi connectivity index (χ0v) is 13.3. The van der Waals surface area contributed by atoms with Crippen molar-refractivity contribution in [3.63, 3.8) is 0 Å². The maximum absolute atomic E-state index is 12.2. The Hall–Kier alpha value is -1.64. The van der Waals surface area contributed by atoms with Crippen molar-refractivity contribution in [2.24, 2.45) is 17.8 Å². The highest BCUT2D eigenvalue weighted by Crippen LogP contribution is 2.34. The minimum absolute atomic E-state index is 0.143. The molecule has 1 saturated carbocycles. The minimum Gasteiger partial charge on any atom is -0.389 e. The molecule has 0 bridgehead atoms. The van der Waals surface area contributed by atoms with Crippen LogP contribution in [0.5, 0.6) is 0 Å². The third-order valence-corrected chi connectivity index (χ3v) is 4.53. The number of benzene rings is 1. The van der Waals surface area contributed by atoms with E-state index in [4.69, 9.17) is 4.74 Å². The van der Waals surface area contributed by atoms with Gasteiger partial charge in [0, 0.05) is 0 Å². The summed E-state index contributed by atoms with van der Waals surface area (Å²) in [6, 6.07) is 5.51. The van der Waals surface area contributed by atoms with Gasteiger partial charge in [-0.2, -0.15) is 0 Å². The molecular weight excluding hydrogens is 264 g/mol. The molecular formula is C18H24O3. The molecule has 114 valence electrons. The molecule has 0 N–H and O–H groups in total. The van der Waals surface area contributed by atoms with Gasteiger partial charge in [-0.15, -0.1) is 0 Å². The first-order valence-corrected chi connectivity index (χ1v) is 7.71. The van der Waals surface area contributed by atoms with Crippen molar-refractivity contribution in [3.05, 3.63) is 34.9 Å². The van der Waals surface area contributed by atoms with Crippen molar-refractivity contribution in [2.45, 2.75) is 47.0 Å². The van der Waals surface area contributed by atoms with Crippen LogP contribution in [0.25, 0.3) is 0 Å². The molecule has 3 heteroatoms. The molecule has 1 aliphatic rings. The van der Waals surface area contributed by atoms with Gasteiger partial charge in [0.15, 0.2) is 0 Å². The number of rotatable bonds is 2. The normalized spacial score (nSPS) is 25.4. The van der Waals surface area contributed by atoms with Gasteiger partial charge >= 0.3 is 11.9 Å². The highest BCUT2D eigenvalue weighted by Gasteiger charge is 2.33. The summed E-state index contributed by atoms with van der Waals surface area (Å²) >= 11 is 0. The first kappa shape index (κ1) is 15.7. The number of carbonyl (C=O) groups is 2. The number of esters is 2. The Bertz CT molecular complexity index is 547. The van der Waals surface area contributed by atoms with Crippen LogP contribution in [0.3, 0.4) is 0 Å². The molecule has 3 unspecified atom stereocenters. The molecule has 1 aromatic carbocycles. The maximum atomic E-state index is 12.2. The third-order valence-electron chi connectivity index (χ3n) is 4.53. The van der Waals surface area contributed by atoms with Crippen molar-refractivity contribution in [1.82, 2.24) is 0 Å². The average molecular weight is 288 g/mol. The predicted octanol–water partition coefficient (Wildman–Crippen LogP) is 4.06. The van der Waals surface area contributed by atoms with E-state index in [-0.39, 0.29) is 17.8 Å². The summed E-state index contributed by atoms with van der Waals surface area (Å²) in [6.45, 7) is 8.11. The highest BCUT2D eigenvalue weighted by atomic mass is 16.6. The second-order valence-corrected chi connectivity index (χ2v) is 6.53. The fourth-order valence-electron chi connectivity index (χ4n) is 3.28. The number of hydrogen-bond donors (Lipinski definition) is 0. The van der Waals surface area contributed by atoms with Crippen LogP contribution < -0.4 is 0 Å². The van der Waals surface area contributed by atoms with Crippen LogP contribution in [0.1, 0.15) is 54.6 Å². The second-order valence-electron chi connectivity index (χ2n) is 6.53. The van der Waals surface area contributed by atoms with Crippen molar-refractivity contribution >= 4 is 11.9 Å². The Balaban J connectivity index is 2.03. The second kappa shape index (κ2) is 6.42. The monoisotopic (exact) mass is 288 g/mol. The Morgan fingerprint density at radius 2 is 1.86 bits per heavy atom. The van der Waals surface area contributed by atoms with Crippen molar-refractivity contribution in [3.8, 4) is 0 Å². The molecule has 3 nitrogen and oxygen atoms in total. The largest absolute Gasteiger partial charge is 0.389 e. The summed E-state index contributed by atoms with van der Waals surface area (Å²) in [6.07, 6.45) is 2.88. The lowest BCUT2D eigenvalue weighted by molar-refractivity contribution is -0.145. The minimum atomic E-state index is -0.525. The Morgan fingerprint density at radius 1 is 1.14 bits per heavy atom. The predicted molar refractivity (Wildman–Crippen MR) is 82.0 cm³/mol. The molecule has 0 saturated heterocycles. The molecule has 21 heavy (non-hydrogen) atoms. The van der Waals surface area contributed by atoms with Crippen LogP contribution in [0.2, 0.25) is 0 Å². The van der Waals surface area contributed by atoms with Gasteiger partial charge in [0.05, 0.1) is 11.5 Å². The number of carbonyl (C=O) groups excluding carboxylic acids is 2. The fraction of sp³-hybridized carbons (Fsp3) is 0.556. The molecule has 0 aromatic heterocycles. The summed E-state index contributed by atoms with van der Waals surface area (Å²) < 4.78 is 5.12. The number of aryl methyl sites for hydroxylation is 2. The summed E-state index contributed by atoms with van der Waals surface area (Å²) in [5.74, 6) is -0.0918. The molecule has 0 radical (unpaired) electrons. The number of ether oxygens (including phenoxy) is 1. The highest BCUT2D eigenvalue weighted by molar-refractivity contribution is 5.98. The third kappa shape index (κ3) is 3.72. The SMILES string of the molecule is Cc1ccc(C(=O)OC(=O)C2CCC(C)CC2C)c(C)c1. The van der Waals surface area contributed by atoms with Crippen LogP contribution >= 0.6 is 0 Å². The molecule has 0 amide bonds. The van der Waals surface area contributed by atoms with Crippen molar-refractivity contribution in [2.75, 3.05) is 0 Å². The van der Waals surface area contributed by atoms with Crippen LogP contribution in [-0.4, -0.2) is 11.9 Å². The Labute approximate surface area is 126 Å². The van der Waals surface area contributed by atoms with Crippen LogP contribution in [0.4, 0.5) is 0 Å². The molecule has 0 spiro atoms. The van der Waals surface area contributed by atoms with Gasteiger partial charge < -0.3 is 4.74 Å². The molecule has 2 rings (SSSR count). The van der Waals surface area contributed by atoms with E-state index in [9.17, 15) is 9.59 Å². The lowest BCUT2D eigenvalue weighted by Crippen LogP contribution is -2.31. The molecule has 0 heterocycles. The van der Waals surface area contributed by atoms with Crippen LogP contribution in [-0.2, 0) is 9.53 Å². The van der Waals surface area contributed by atoms with E-state index < -0.39 is 5.97 Å². The smallest absolute Gasteiger partial charge is 0.346 e. The molecule has 0 aliphatic heterocycles. The summed E-state index contributed by atoms with van der Waals surface area (Å²) in [5, 5.41) is 0. The van der Waals surface area contributed by atoms with Gasteiger partial charge in [-0.25, -0.2) is 4.79 Å². The molecule has 1 fully saturated rings. The molecule has 3 atom stereocenters. The summed E-state index contributed by atoms with van der Waals surface area (Å²) in [7, 11) is 0. The Kier molecular flexibility index (Phi) is 4.81. The molecule has 1 aromatic rings.